The average molecular weight is 423 g/mol. The fourth-order valence-corrected chi connectivity index (χ4v) is 6.24. The van der Waals surface area contributed by atoms with E-state index in [2.05, 4.69) is 4.72 Å². The molecule has 2 aromatic rings. The van der Waals surface area contributed by atoms with Crippen molar-refractivity contribution < 1.29 is 16.8 Å². The van der Waals surface area contributed by atoms with Crippen LogP contribution >= 0.6 is 0 Å². The summed E-state index contributed by atoms with van der Waals surface area (Å²) in [6, 6.07) is 11.0. The van der Waals surface area contributed by atoms with Crippen molar-refractivity contribution in [3.8, 4) is 0 Å². The second-order valence-electron chi connectivity index (χ2n) is 7.22. The van der Waals surface area contributed by atoms with E-state index in [1.54, 1.807) is 19.1 Å². The van der Waals surface area contributed by atoms with Crippen LogP contribution in [0, 0.1) is 13.8 Å². The molecule has 0 unspecified atom stereocenters. The number of aryl methyl sites for hydroxylation is 2. The Balaban J connectivity index is 1.80. The lowest BCUT2D eigenvalue weighted by Gasteiger charge is -2.20. The van der Waals surface area contributed by atoms with Crippen molar-refractivity contribution in [2.24, 2.45) is 0 Å². The van der Waals surface area contributed by atoms with Gasteiger partial charge in [-0.3, -0.25) is 4.72 Å². The molecule has 0 aromatic heterocycles. The highest BCUT2D eigenvalue weighted by Crippen LogP contribution is 2.24. The first-order chi connectivity index (χ1) is 13.2. The van der Waals surface area contributed by atoms with Crippen molar-refractivity contribution >= 4 is 25.7 Å². The van der Waals surface area contributed by atoms with E-state index >= 15 is 0 Å². The Labute approximate surface area is 167 Å². The first-order valence-electron chi connectivity index (χ1n) is 9.40. The SMILES string of the molecule is Cc1ccc(S(=O)(=O)Nc2ccc(S(=O)(=O)N3CCCCCC3)cc2)c(C)c1. The van der Waals surface area contributed by atoms with E-state index in [1.165, 1.54) is 28.6 Å². The van der Waals surface area contributed by atoms with Gasteiger partial charge in [0.15, 0.2) is 0 Å². The molecule has 0 aliphatic carbocycles. The average Bonchev–Trinajstić information content (AvgIpc) is 2.91. The molecule has 0 atom stereocenters. The number of nitrogens with zero attached hydrogens (tertiary/aromatic N) is 1. The van der Waals surface area contributed by atoms with Crippen molar-refractivity contribution in [1.29, 1.82) is 0 Å². The molecule has 8 heteroatoms. The zero-order valence-electron chi connectivity index (χ0n) is 16.2. The maximum absolute atomic E-state index is 12.8. The van der Waals surface area contributed by atoms with Crippen LogP contribution in [0.2, 0.25) is 0 Å². The topological polar surface area (TPSA) is 83.5 Å². The van der Waals surface area contributed by atoms with Crippen molar-refractivity contribution in [2.45, 2.75) is 49.3 Å². The largest absolute Gasteiger partial charge is 0.280 e. The van der Waals surface area contributed by atoms with Crippen LogP contribution in [-0.4, -0.2) is 34.2 Å². The lowest BCUT2D eigenvalue weighted by molar-refractivity contribution is 0.424. The Bertz CT molecular complexity index is 1040. The van der Waals surface area contributed by atoms with E-state index in [0.29, 0.717) is 24.3 Å². The fraction of sp³-hybridized carbons (Fsp3) is 0.400. The van der Waals surface area contributed by atoms with Gasteiger partial charge in [-0.15, -0.1) is 0 Å². The molecule has 28 heavy (non-hydrogen) atoms. The lowest BCUT2D eigenvalue weighted by Crippen LogP contribution is -2.31. The maximum Gasteiger partial charge on any atom is 0.262 e. The third-order valence-electron chi connectivity index (χ3n) is 4.93. The number of nitrogens with one attached hydrogen (secondary N) is 1. The quantitative estimate of drug-likeness (QED) is 0.797. The predicted molar refractivity (Wildman–Crippen MR) is 110 cm³/mol. The second kappa shape index (κ2) is 8.23. The summed E-state index contributed by atoms with van der Waals surface area (Å²) in [5, 5.41) is 0. The zero-order chi connectivity index (χ0) is 20.4. The van der Waals surface area contributed by atoms with E-state index in [-0.39, 0.29) is 9.79 Å². The van der Waals surface area contributed by atoms with Crippen LogP contribution in [0.1, 0.15) is 36.8 Å². The molecule has 152 valence electrons. The highest BCUT2D eigenvalue weighted by atomic mass is 32.2. The van der Waals surface area contributed by atoms with Gasteiger partial charge >= 0.3 is 0 Å². The van der Waals surface area contributed by atoms with Gasteiger partial charge in [-0.2, -0.15) is 4.31 Å². The van der Waals surface area contributed by atoms with Crippen molar-refractivity contribution in [1.82, 2.24) is 4.31 Å². The summed E-state index contributed by atoms with van der Waals surface area (Å²) in [6.07, 6.45) is 3.83. The zero-order valence-corrected chi connectivity index (χ0v) is 17.8. The standard InChI is InChI=1S/C20H26N2O4S2/c1-16-7-12-20(17(2)15-16)27(23,24)21-18-8-10-19(11-9-18)28(25,26)22-13-5-3-4-6-14-22/h7-12,15,21H,3-6,13-14H2,1-2H3. The Morgan fingerprint density at radius 2 is 1.43 bits per heavy atom. The molecule has 3 rings (SSSR count). The molecule has 1 fully saturated rings. The molecule has 0 radical (unpaired) electrons. The summed E-state index contributed by atoms with van der Waals surface area (Å²) in [4.78, 5) is 0.392. The third-order valence-corrected chi connectivity index (χ3v) is 8.38. The summed E-state index contributed by atoms with van der Waals surface area (Å²) in [5.74, 6) is 0. The molecule has 0 saturated carbocycles. The van der Waals surface area contributed by atoms with Crippen LogP contribution < -0.4 is 4.72 Å². The van der Waals surface area contributed by atoms with Crippen LogP contribution in [-0.2, 0) is 20.0 Å². The number of hydrogen-bond acceptors (Lipinski definition) is 4. The van der Waals surface area contributed by atoms with Gasteiger partial charge in [-0.05, 0) is 62.6 Å². The van der Waals surface area contributed by atoms with E-state index in [1.807, 2.05) is 13.0 Å². The molecule has 1 aliphatic heterocycles. The number of benzene rings is 2. The Morgan fingerprint density at radius 3 is 2.00 bits per heavy atom. The molecule has 2 aromatic carbocycles. The van der Waals surface area contributed by atoms with Gasteiger partial charge in [-0.25, -0.2) is 16.8 Å². The van der Waals surface area contributed by atoms with E-state index in [9.17, 15) is 16.8 Å². The second-order valence-corrected chi connectivity index (χ2v) is 10.8. The minimum Gasteiger partial charge on any atom is -0.280 e. The molecule has 1 saturated heterocycles. The smallest absolute Gasteiger partial charge is 0.262 e. The Kier molecular flexibility index (Phi) is 6.12. The lowest BCUT2D eigenvalue weighted by atomic mass is 10.2. The Hall–Kier alpha value is -1.90. The third kappa shape index (κ3) is 4.56. The molecular formula is C20H26N2O4S2. The predicted octanol–water partition coefficient (Wildman–Crippen LogP) is 3.67. The minimum absolute atomic E-state index is 0.184. The summed E-state index contributed by atoms with van der Waals surface area (Å²) in [6.45, 7) is 4.71. The molecular weight excluding hydrogens is 396 g/mol. The molecule has 0 bridgehead atoms. The van der Waals surface area contributed by atoms with Gasteiger partial charge in [0.25, 0.3) is 10.0 Å². The van der Waals surface area contributed by atoms with Gasteiger partial charge in [0.05, 0.1) is 9.79 Å². The molecule has 1 N–H and O–H groups in total. The van der Waals surface area contributed by atoms with Gasteiger partial charge in [0.1, 0.15) is 0 Å². The van der Waals surface area contributed by atoms with Gasteiger partial charge in [0.2, 0.25) is 10.0 Å². The summed E-state index contributed by atoms with van der Waals surface area (Å²) >= 11 is 0. The molecule has 0 amide bonds. The van der Waals surface area contributed by atoms with Crippen molar-refractivity contribution in [3.05, 3.63) is 53.6 Å². The normalized spacial score (nSPS) is 16.5. The van der Waals surface area contributed by atoms with Crippen LogP contribution in [0.3, 0.4) is 0 Å². The van der Waals surface area contributed by atoms with Gasteiger partial charge in [0, 0.05) is 18.8 Å². The molecule has 1 aliphatic rings. The summed E-state index contributed by atoms with van der Waals surface area (Å²) in [5.41, 5.74) is 1.97. The molecule has 1 heterocycles. The van der Waals surface area contributed by atoms with E-state index < -0.39 is 20.0 Å². The Morgan fingerprint density at radius 1 is 0.821 bits per heavy atom. The number of sulfonamides is 2. The monoisotopic (exact) mass is 422 g/mol. The number of rotatable bonds is 5. The summed E-state index contributed by atoms with van der Waals surface area (Å²) in [7, 11) is -7.30. The van der Waals surface area contributed by atoms with Gasteiger partial charge < -0.3 is 0 Å². The number of hydrogen-bond donors (Lipinski definition) is 1. The fourth-order valence-electron chi connectivity index (χ4n) is 3.44. The molecule has 6 nitrogen and oxygen atoms in total. The highest BCUT2D eigenvalue weighted by molar-refractivity contribution is 7.92. The molecule has 0 spiro atoms. The van der Waals surface area contributed by atoms with E-state index in [0.717, 1.165) is 31.2 Å². The van der Waals surface area contributed by atoms with Crippen molar-refractivity contribution in [3.63, 3.8) is 0 Å². The van der Waals surface area contributed by atoms with Crippen LogP contribution in [0.5, 0.6) is 0 Å². The first kappa shape index (κ1) is 20.8. The minimum atomic E-state index is -3.74. The number of anilines is 1. The van der Waals surface area contributed by atoms with Gasteiger partial charge in [-0.1, -0.05) is 30.5 Å². The van der Waals surface area contributed by atoms with E-state index in [4.69, 9.17) is 0 Å². The summed E-state index contributed by atoms with van der Waals surface area (Å²) < 4.78 is 55.0. The van der Waals surface area contributed by atoms with Crippen LogP contribution in [0.15, 0.2) is 52.3 Å². The van der Waals surface area contributed by atoms with Crippen LogP contribution in [0.25, 0.3) is 0 Å². The first-order valence-corrected chi connectivity index (χ1v) is 12.3. The highest BCUT2D eigenvalue weighted by Gasteiger charge is 2.25. The van der Waals surface area contributed by atoms with Crippen LogP contribution in [0.4, 0.5) is 5.69 Å². The van der Waals surface area contributed by atoms with Crippen molar-refractivity contribution in [2.75, 3.05) is 17.8 Å². The maximum atomic E-state index is 12.8.